The first kappa shape index (κ1) is 16.2. The molecule has 2 rings (SSSR count). The fraction of sp³-hybridized carbons (Fsp3) is 0.368. The van der Waals surface area contributed by atoms with Crippen LogP contribution in [0.3, 0.4) is 0 Å². The van der Waals surface area contributed by atoms with Gasteiger partial charge < -0.3 is 4.74 Å². The number of carbonyl (C=O) groups is 2. The van der Waals surface area contributed by atoms with Gasteiger partial charge in [-0.3, -0.25) is 9.59 Å². The summed E-state index contributed by atoms with van der Waals surface area (Å²) in [6.45, 7) is 6.92. The highest BCUT2D eigenvalue weighted by molar-refractivity contribution is 5.99. The molecule has 0 amide bonds. The number of carbonyl (C=O) groups excluding carboxylic acids is 2. The second kappa shape index (κ2) is 6.73. The predicted octanol–water partition coefficient (Wildman–Crippen LogP) is 4.10. The number of benzene rings is 2. The summed E-state index contributed by atoms with van der Waals surface area (Å²) < 4.78 is 5.24. The van der Waals surface area contributed by atoms with Crippen molar-refractivity contribution in [1.82, 2.24) is 0 Å². The number of Topliss-reactive ketones (excluding diaryl/α,β-unsaturated/α-hetero) is 1. The Morgan fingerprint density at radius 2 is 1.59 bits per heavy atom. The summed E-state index contributed by atoms with van der Waals surface area (Å²) in [5.74, 6) is -1.58. The average Bonchev–Trinajstić information content (AvgIpc) is 2.45. The molecule has 3 nitrogen and oxygen atoms in total. The van der Waals surface area contributed by atoms with Gasteiger partial charge in [0.05, 0.1) is 6.10 Å². The third-order valence-corrected chi connectivity index (χ3v) is 3.84. The lowest BCUT2D eigenvalue weighted by atomic mass is 9.84. The maximum absolute atomic E-state index is 12.2. The molecule has 0 spiro atoms. The molecule has 0 radical (unpaired) electrons. The minimum absolute atomic E-state index is 0.161. The Labute approximate surface area is 131 Å². The highest BCUT2D eigenvalue weighted by atomic mass is 16.5. The van der Waals surface area contributed by atoms with Crippen LogP contribution in [0.5, 0.6) is 0 Å². The smallest absolute Gasteiger partial charge is 0.317 e. The lowest BCUT2D eigenvalue weighted by molar-refractivity contribution is -0.155. The molecule has 0 heterocycles. The van der Waals surface area contributed by atoms with Crippen LogP contribution >= 0.6 is 0 Å². The van der Waals surface area contributed by atoms with E-state index in [1.807, 2.05) is 49.4 Å². The molecule has 0 bridgehead atoms. The topological polar surface area (TPSA) is 43.4 Å². The minimum Gasteiger partial charge on any atom is -0.462 e. The van der Waals surface area contributed by atoms with E-state index in [9.17, 15) is 9.59 Å². The molecule has 22 heavy (non-hydrogen) atoms. The molecule has 2 aromatic rings. The highest BCUT2D eigenvalue weighted by Gasteiger charge is 2.32. The van der Waals surface area contributed by atoms with Gasteiger partial charge in [0.25, 0.3) is 0 Å². The molecular formula is C19H22O3. The summed E-state index contributed by atoms with van der Waals surface area (Å²) in [6.07, 6.45) is -0.224. The third-order valence-electron chi connectivity index (χ3n) is 3.84. The Morgan fingerprint density at radius 1 is 0.955 bits per heavy atom. The summed E-state index contributed by atoms with van der Waals surface area (Å²) in [5.41, 5.74) is 0.972. The fourth-order valence-electron chi connectivity index (χ4n) is 2.71. The maximum atomic E-state index is 12.2. The summed E-state index contributed by atoms with van der Waals surface area (Å²) in [6, 6.07) is 14.1. The third kappa shape index (κ3) is 3.53. The van der Waals surface area contributed by atoms with E-state index in [1.54, 1.807) is 13.8 Å². The number of esters is 1. The zero-order valence-electron chi connectivity index (χ0n) is 13.5. The summed E-state index contributed by atoms with van der Waals surface area (Å²) in [5, 5.41) is 2.24. The van der Waals surface area contributed by atoms with Crippen molar-refractivity contribution in [3.8, 4) is 0 Å². The van der Waals surface area contributed by atoms with Gasteiger partial charge in [-0.2, -0.15) is 0 Å². The second-order valence-corrected chi connectivity index (χ2v) is 5.97. The number of rotatable bonds is 5. The zero-order valence-corrected chi connectivity index (χ0v) is 13.5. The number of ether oxygens (including phenoxy) is 1. The van der Waals surface area contributed by atoms with Crippen molar-refractivity contribution in [2.75, 3.05) is 0 Å². The van der Waals surface area contributed by atoms with E-state index >= 15 is 0 Å². The Balaban J connectivity index is 2.34. The van der Waals surface area contributed by atoms with E-state index in [0.717, 1.165) is 16.3 Å². The maximum Gasteiger partial charge on any atom is 0.317 e. The van der Waals surface area contributed by atoms with Gasteiger partial charge >= 0.3 is 5.97 Å². The van der Waals surface area contributed by atoms with Crippen LogP contribution in [0.4, 0.5) is 0 Å². The van der Waals surface area contributed by atoms with Gasteiger partial charge in [-0.25, -0.2) is 0 Å². The van der Waals surface area contributed by atoms with Gasteiger partial charge in [-0.15, -0.1) is 0 Å². The molecule has 3 heteroatoms. The monoisotopic (exact) mass is 298 g/mol. The van der Waals surface area contributed by atoms with E-state index in [4.69, 9.17) is 4.74 Å². The second-order valence-electron chi connectivity index (χ2n) is 5.97. The van der Waals surface area contributed by atoms with E-state index in [0.29, 0.717) is 0 Å². The van der Waals surface area contributed by atoms with Crippen LogP contribution < -0.4 is 0 Å². The van der Waals surface area contributed by atoms with E-state index in [1.165, 1.54) is 6.92 Å². The lowest BCUT2D eigenvalue weighted by Gasteiger charge is -2.22. The first-order valence-corrected chi connectivity index (χ1v) is 7.59. The summed E-state index contributed by atoms with van der Waals surface area (Å²) in [7, 11) is 0. The molecule has 0 aromatic heterocycles. The summed E-state index contributed by atoms with van der Waals surface area (Å²) in [4.78, 5) is 24.2. The average molecular weight is 298 g/mol. The van der Waals surface area contributed by atoms with Gasteiger partial charge in [-0.05, 0) is 37.1 Å². The van der Waals surface area contributed by atoms with Crippen LogP contribution in [-0.4, -0.2) is 17.9 Å². The van der Waals surface area contributed by atoms with Gasteiger partial charge in [0.15, 0.2) is 0 Å². The summed E-state index contributed by atoms with van der Waals surface area (Å²) >= 11 is 0. The highest BCUT2D eigenvalue weighted by Crippen LogP contribution is 2.29. The molecule has 0 aliphatic carbocycles. The molecule has 0 saturated heterocycles. The number of hydrogen-bond donors (Lipinski definition) is 0. The quantitative estimate of drug-likeness (QED) is 0.616. The SMILES string of the molecule is CC(=O)C(C(=O)OC(C)C)C(C)c1ccc2ccccc2c1. The molecule has 2 atom stereocenters. The Bertz CT molecular complexity index is 688. The van der Waals surface area contributed by atoms with Crippen molar-refractivity contribution < 1.29 is 14.3 Å². The molecular weight excluding hydrogens is 276 g/mol. The van der Waals surface area contributed by atoms with Crippen LogP contribution in [0.1, 0.15) is 39.2 Å². The van der Waals surface area contributed by atoms with Crippen molar-refractivity contribution in [3.63, 3.8) is 0 Å². The lowest BCUT2D eigenvalue weighted by Crippen LogP contribution is -2.30. The molecule has 2 unspecified atom stereocenters. The molecule has 0 saturated carbocycles. The molecule has 0 aliphatic rings. The largest absolute Gasteiger partial charge is 0.462 e. The normalized spacial score (nSPS) is 13.9. The molecule has 0 fully saturated rings. The predicted molar refractivity (Wildman–Crippen MR) is 87.8 cm³/mol. The van der Waals surface area contributed by atoms with Crippen molar-refractivity contribution in [3.05, 3.63) is 48.0 Å². The number of ketones is 1. The molecule has 0 N–H and O–H groups in total. The first-order chi connectivity index (χ1) is 10.4. The standard InChI is InChI=1S/C19H22O3/c1-12(2)22-19(21)18(14(4)20)13(3)16-10-9-15-7-5-6-8-17(15)11-16/h5-13,18H,1-4H3. The van der Waals surface area contributed by atoms with Crippen LogP contribution in [-0.2, 0) is 14.3 Å². The molecule has 2 aromatic carbocycles. The van der Waals surface area contributed by atoms with Gasteiger partial charge in [-0.1, -0.05) is 49.4 Å². The van der Waals surface area contributed by atoms with Crippen LogP contribution in [0.15, 0.2) is 42.5 Å². The molecule has 0 aliphatic heterocycles. The van der Waals surface area contributed by atoms with Crippen molar-refractivity contribution in [2.45, 2.75) is 39.7 Å². The fourth-order valence-corrected chi connectivity index (χ4v) is 2.71. The van der Waals surface area contributed by atoms with Crippen molar-refractivity contribution >= 4 is 22.5 Å². The van der Waals surface area contributed by atoms with E-state index in [-0.39, 0.29) is 17.8 Å². The van der Waals surface area contributed by atoms with Crippen LogP contribution in [0.2, 0.25) is 0 Å². The Kier molecular flexibility index (Phi) is 4.96. The van der Waals surface area contributed by atoms with Gasteiger partial charge in [0, 0.05) is 5.92 Å². The van der Waals surface area contributed by atoms with E-state index < -0.39 is 11.9 Å². The van der Waals surface area contributed by atoms with E-state index in [2.05, 4.69) is 0 Å². The number of hydrogen-bond acceptors (Lipinski definition) is 3. The zero-order chi connectivity index (χ0) is 16.3. The van der Waals surface area contributed by atoms with Crippen LogP contribution in [0.25, 0.3) is 10.8 Å². The Hall–Kier alpha value is -2.16. The van der Waals surface area contributed by atoms with Gasteiger partial charge in [0.2, 0.25) is 0 Å². The first-order valence-electron chi connectivity index (χ1n) is 7.59. The van der Waals surface area contributed by atoms with Gasteiger partial charge in [0.1, 0.15) is 11.7 Å². The minimum atomic E-state index is -0.761. The van der Waals surface area contributed by atoms with Crippen molar-refractivity contribution in [2.24, 2.45) is 5.92 Å². The van der Waals surface area contributed by atoms with Crippen molar-refractivity contribution in [1.29, 1.82) is 0 Å². The number of fused-ring (bicyclic) bond motifs is 1. The Morgan fingerprint density at radius 3 is 2.18 bits per heavy atom. The van der Waals surface area contributed by atoms with Crippen LogP contribution in [0, 0.1) is 5.92 Å². The molecule has 116 valence electrons.